The number of hydrogen-bond acceptors (Lipinski definition) is 3. The van der Waals surface area contributed by atoms with Crippen molar-refractivity contribution >= 4 is 5.91 Å². The number of amides is 1. The van der Waals surface area contributed by atoms with Crippen molar-refractivity contribution in [3.8, 4) is 0 Å². The minimum Gasteiger partial charge on any atom is -0.340 e. The first-order valence-electron chi connectivity index (χ1n) is 8.37. The molecule has 0 N–H and O–H groups in total. The monoisotopic (exact) mass is 281 g/mol. The van der Waals surface area contributed by atoms with Crippen LogP contribution < -0.4 is 0 Å². The van der Waals surface area contributed by atoms with Gasteiger partial charge in [-0.1, -0.05) is 20.3 Å². The standard InChI is InChI=1S/C16H31N3O/c1-15(2)14-16(20)19-12-10-18(11-13-19)9-8-17-6-4-3-5-7-17/h15H,3-14H2,1-2H3. The van der Waals surface area contributed by atoms with Crippen LogP contribution in [0.5, 0.6) is 0 Å². The Morgan fingerprint density at radius 3 is 1.95 bits per heavy atom. The van der Waals surface area contributed by atoms with E-state index < -0.39 is 0 Å². The summed E-state index contributed by atoms with van der Waals surface area (Å²) in [5, 5.41) is 0. The molecule has 0 aliphatic carbocycles. The third-order valence-electron chi connectivity index (χ3n) is 4.49. The van der Waals surface area contributed by atoms with E-state index in [2.05, 4.69) is 28.5 Å². The smallest absolute Gasteiger partial charge is 0.222 e. The van der Waals surface area contributed by atoms with Gasteiger partial charge >= 0.3 is 0 Å². The van der Waals surface area contributed by atoms with Crippen molar-refractivity contribution in [3.63, 3.8) is 0 Å². The maximum atomic E-state index is 12.0. The summed E-state index contributed by atoms with van der Waals surface area (Å²) in [5.74, 6) is 0.815. The lowest BCUT2D eigenvalue weighted by Gasteiger charge is -2.36. The summed E-state index contributed by atoms with van der Waals surface area (Å²) < 4.78 is 0. The molecule has 116 valence electrons. The largest absolute Gasteiger partial charge is 0.340 e. The van der Waals surface area contributed by atoms with Crippen LogP contribution in [-0.4, -0.2) is 73.0 Å². The molecule has 4 nitrogen and oxygen atoms in total. The summed E-state index contributed by atoms with van der Waals surface area (Å²) >= 11 is 0. The van der Waals surface area contributed by atoms with Crippen molar-refractivity contribution in [2.45, 2.75) is 39.5 Å². The molecular weight excluding hydrogens is 250 g/mol. The topological polar surface area (TPSA) is 26.8 Å². The number of carbonyl (C=O) groups excluding carboxylic acids is 1. The Morgan fingerprint density at radius 2 is 1.40 bits per heavy atom. The van der Waals surface area contributed by atoms with Crippen LogP contribution in [-0.2, 0) is 4.79 Å². The van der Waals surface area contributed by atoms with E-state index >= 15 is 0 Å². The Balaban J connectivity index is 1.62. The van der Waals surface area contributed by atoms with Gasteiger partial charge in [-0.2, -0.15) is 0 Å². The van der Waals surface area contributed by atoms with Crippen molar-refractivity contribution in [3.05, 3.63) is 0 Å². The van der Waals surface area contributed by atoms with E-state index in [1.807, 2.05) is 0 Å². The van der Waals surface area contributed by atoms with Crippen LogP contribution in [0.4, 0.5) is 0 Å². The lowest BCUT2D eigenvalue weighted by atomic mass is 10.1. The lowest BCUT2D eigenvalue weighted by molar-refractivity contribution is -0.133. The maximum absolute atomic E-state index is 12.0. The minimum atomic E-state index is 0.343. The van der Waals surface area contributed by atoms with Gasteiger partial charge in [-0.3, -0.25) is 9.69 Å². The fraction of sp³-hybridized carbons (Fsp3) is 0.938. The van der Waals surface area contributed by atoms with Crippen molar-refractivity contribution in [2.75, 3.05) is 52.4 Å². The van der Waals surface area contributed by atoms with E-state index in [4.69, 9.17) is 0 Å². The van der Waals surface area contributed by atoms with Gasteiger partial charge in [0.1, 0.15) is 0 Å². The van der Waals surface area contributed by atoms with Crippen LogP contribution in [0.3, 0.4) is 0 Å². The number of piperidine rings is 1. The van der Waals surface area contributed by atoms with Crippen LogP contribution in [0, 0.1) is 5.92 Å². The molecule has 0 saturated carbocycles. The van der Waals surface area contributed by atoms with E-state index in [1.54, 1.807) is 0 Å². The van der Waals surface area contributed by atoms with Gasteiger partial charge in [-0.25, -0.2) is 0 Å². The Morgan fingerprint density at radius 1 is 0.850 bits per heavy atom. The number of likely N-dealkylation sites (tertiary alicyclic amines) is 1. The molecule has 0 spiro atoms. The number of piperazine rings is 1. The molecule has 20 heavy (non-hydrogen) atoms. The highest BCUT2D eigenvalue weighted by atomic mass is 16.2. The van der Waals surface area contributed by atoms with Gasteiger partial charge in [0.2, 0.25) is 5.91 Å². The SMILES string of the molecule is CC(C)CC(=O)N1CCN(CCN2CCCCC2)CC1. The van der Waals surface area contributed by atoms with Gasteiger partial charge in [0.05, 0.1) is 0 Å². The molecule has 0 aromatic heterocycles. The van der Waals surface area contributed by atoms with Gasteiger partial charge in [0, 0.05) is 45.7 Å². The molecule has 2 heterocycles. The maximum Gasteiger partial charge on any atom is 0.222 e. The normalized spacial score (nSPS) is 22.4. The number of hydrogen-bond donors (Lipinski definition) is 0. The molecule has 2 aliphatic heterocycles. The van der Waals surface area contributed by atoms with Gasteiger partial charge in [0.25, 0.3) is 0 Å². The summed E-state index contributed by atoms with van der Waals surface area (Å²) in [7, 11) is 0. The van der Waals surface area contributed by atoms with E-state index in [-0.39, 0.29) is 0 Å². The molecule has 0 radical (unpaired) electrons. The molecule has 0 aromatic carbocycles. The Hall–Kier alpha value is -0.610. The van der Waals surface area contributed by atoms with Crippen LogP contribution >= 0.6 is 0 Å². The molecule has 0 bridgehead atoms. The van der Waals surface area contributed by atoms with E-state index in [9.17, 15) is 4.79 Å². The third-order valence-corrected chi connectivity index (χ3v) is 4.49. The van der Waals surface area contributed by atoms with Gasteiger partial charge in [0.15, 0.2) is 0 Å². The number of nitrogens with zero attached hydrogens (tertiary/aromatic N) is 3. The molecule has 0 atom stereocenters. The molecule has 2 rings (SSSR count). The molecule has 2 aliphatic rings. The van der Waals surface area contributed by atoms with E-state index in [1.165, 1.54) is 45.4 Å². The van der Waals surface area contributed by atoms with E-state index in [0.29, 0.717) is 18.2 Å². The van der Waals surface area contributed by atoms with Crippen LogP contribution in [0.25, 0.3) is 0 Å². The van der Waals surface area contributed by atoms with Gasteiger partial charge in [-0.15, -0.1) is 0 Å². The third kappa shape index (κ3) is 5.06. The summed E-state index contributed by atoms with van der Waals surface area (Å²) in [6.45, 7) is 13.1. The molecule has 1 amide bonds. The van der Waals surface area contributed by atoms with Crippen molar-refractivity contribution in [2.24, 2.45) is 5.92 Å². The average Bonchev–Trinajstić information content (AvgIpc) is 2.46. The molecular formula is C16H31N3O. The van der Waals surface area contributed by atoms with Crippen molar-refractivity contribution in [1.82, 2.24) is 14.7 Å². The highest BCUT2D eigenvalue weighted by molar-refractivity contribution is 5.76. The molecule has 4 heteroatoms. The first kappa shape index (κ1) is 15.8. The second kappa shape index (κ2) is 7.99. The molecule has 2 fully saturated rings. The second-order valence-corrected chi connectivity index (χ2v) is 6.72. The average molecular weight is 281 g/mol. The van der Waals surface area contributed by atoms with Crippen molar-refractivity contribution in [1.29, 1.82) is 0 Å². The summed E-state index contributed by atoms with van der Waals surface area (Å²) in [6.07, 6.45) is 4.86. The fourth-order valence-electron chi connectivity index (χ4n) is 3.17. The number of carbonyl (C=O) groups is 1. The summed E-state index contributed by atoms with van der Waals surface area (Å²) in [4.78, 5) is 19.2. The second-order valence-electron chi connectivity index (χ2n) is 6.72. The highest BCUT2D eigenvalue weighted by Crippen LogP contribution is 2.10. The molecule has 0 unspecified atom stereocenters. The zero-order chi connectivity index (χ0) is 14.4. The van der Waals surface area contributed by atoms with Crippen LogP contribution in [0.15, 0.2) is 0 Å². The Labute approximate surface area is 124 Å². The predicted octanol–water partition coefficient (Wildman–Crippen LogP) is 1.66. The predicted molar refractivity (Wildman–Crippen MR) is 82.8 cm³/mol. The first-order chi connectivity index (χ1) is 9.65. The quantitative estimate of drug-likeness (QED) is 0.767. The Bertz CT molecular complexity index is 292. The van der Waals surface area contributed by atoms with Crippen molar-refractivity contribution < 1.29 is 4.79 Å². The lowest BCUT2D eigenvalue weighted by Crippen LogP contribution is -2.50. The zero-order valence-corrected chi connectivity index (χ0v) is 13.3. The fourth-order valence-corrected chi connectivity index (χ4v) is 3.17. The van der Waals surface area contributed by atoms with Crippen LogP contribution in [0.1, 0.15) is 39.5 Å². The Kier molecular flexibility index (Phi) is 6.30. The molecule has 2 saturated heterocycles. The summed E-state index contributed by atoms with van der Waals surface area (Å²) in [6, 6.07) is 0. The van der Waals surface area contributed by atoms with Crippen LogP contribution in [0.2, 0.25) is 0 Å². The highest BCUT2D eigenvalue weighted by Gasteiger charge is 2.21. The first-order valence-corrected chi connectivity index (χ1v) is 8.37. The van der Waals surface area contributed by atoms with Gasteiger partial charge < -0.3 is 9.80 Å². The minimum absolute atomic E-state index is 0.343. The zero-order valence-electron chi connectivity index (χ0n) is 13.3. The summed E-state index contributed by atoms with van der Waals surface area (Å²) in [5.41, 5.74) is 0. The van der Waals surface area contributed by atoms with E-state index in [0.717, 1.165) is 26.2 Å². The van der Waals surface area contributed by atoms with Gasteiger partial charge in [-0.05, 0) is 31.8 Å². The molecule has 0 aromatic rings. The number of rotatable bonds is 5.